The number of hydrogen-bond acceptors (Lipinski definition) is 1. The molecule has 1 rings (SSSR count). The molecule has 80 valence electrons. The summed E-state index contributed by atoms with van der Waals surface area (Å²) in [4.78, 5) is -1.03. The second-order valence-electron chi connectivity index (χ2n) is 2.52. The quantitative estimate of drug-likeness (QED) is 0.547. The highest BCUT2D eigenvalue weighted by molar-refractivity contribution is 7.10. The van der Waals surface area contributed by atoms with E-state index in [1.165, 1.54) is 5.38 Å². The number of rotatable bonds is 2. The van der Waals surface area contributed by atoms with Crippen LogP contribution >= 0.6 is 22.9 Å². The predicted molar refractivity (Wildman–Crippen MR) is 43.8 cm³/mol. The van der Waals surface area contributed by atoms with Gasteiger partial charge < -0.3 is 0 Å². The fraction of sp³-hybridized carbons (Fsp3) is 0.429. The first-order valence-electron chi connectivity index (χ1n) is 3.37. The van der Waals surface area contributed by atoms with Crippen LogP contribution in [0.25, 0.3) is 0 Å². The van der Waals surface area contributed by atoms with E-state index in [-0.39, 0.29) is 11.4 Å². The highest BCUT2D eigenvalue weighted by Gasteiger charge is 2.59. The van der Waals surface area contributed by atoms with Crippen molar-refractivity contribution in [2.75, 3.05) is 0 Å². The van der Waals surface area contributed by atoms with Gasteiger partial charge in [0.15, 0.2) is 0 Å². The molecule has 0 aliphatic heterocycles. The summed E-state index contributed by atoms with van der Waals surface area (Å²) in [6.45, 7) is 0. The Labute approximate surface area is 85.3 Å². The average molecular weight is 251 g/mol. The number of alkyl halides is 6. The molecule has 0 aliphatic carbocycles. The molecule has 0 fully saturated rings. The Morgan fingerprint density at radius 2 is 1.79 bits per heavy atom. The van der Waals surface area contributed by atoms with Crippen LogP contribution in [0.15, 0.2) is 11.4 Å². The Hall–Kier alpha value is -0.360. The Morgan fingerprint density at radius 3 is 2.14 bits per heavy atom. The Kier molecular flexibility index (Phi) is 3.06. The van der Waals surface area contributed by atoms with Crippen LogP contribution in [0.5, 0.6) is 0 Å². The normalized spacial score (nSPS) is 13.3. The van der Waals surface area contributed by atoms with Crippen molar-refractivity contribution in [2.24, 2.45) is 0 Å². The van der Waals surface area contributed by atoms with Gasteiger partial charge in [0.2, 0.25) is 0 Å². The van der Waals surface area contributed by atoms with E-state index in [1.807, 2.05) is 0 Å². The lowest BCUT2D eigenvalue weighted by Crippen LogP contribution is -2.32. The van der Waals surface area contributed by atoms with Gasteiger partial charge in [0.05, 0.1) is 4.88 Å². The summed E-state index contributed by atoms with van der Waals surface area (Å²) in [6, 6.07) is 0.769. The lowest BCUT2D eigenvalue weighted by molar-refractivity contribution is -0.287. The summed E-state index contributed by atoms with van der Waals surface area (Å²) in [7, 11) is 0. The molecule has 0 atom stereocenters. The first-order valence-corrected chi connectivity index (χ1v) is 4.79. The van der Waals surface area contributed by atoms with Crippen molar-refractivity contribution in [1.29, 1.82) is 0 Å². The summed E-state index contributed by atoms with van der Waals surface area (Å²) >= 11 is 5.64. The van der Waals surface area contributed by atoms with Crippen molar-refractivity contribution in [3.63, 3.8) is 0 Å². The SMILES string of the molecule is FC(F)(F)C(F)(F)c1cc(CCl)cs1. The van der Waals surface area contributed by atoms with Gasteiger partial charge in [-0.15, -0.1) is 22.9 Å². The zero-order valence-electron chi connectivity index (χ0n) is 6.54. The first-order chi connectivity index (χ1) is 6.29. The molecule has 7 heteroatoms. The van der Waals surface area contributed by atoms with Crippen molar-refractivity contribution in [3.05, 3.63) is 21.9 Å². The molecule has 1 aromatic rings. The van der Waals surface area contributed by atoms with Crippen LogP contribution in [-0.4, -0.2) is 6.18 Å². The Balaban J connectivity index is 3.04. The molecular weight excluding hydrogens is 247 g/mol. The summed E-state index contributed by atoms with van der Waals surface area (Å²) in [5.74, 6) is -4.87. The molecule has 0 nitrogen and oxygen atoms in total. The molecule has 0 amide bonds. The number of thiophene rings is 1. The molecule has 0 N–H and O–H groups in total. The molecule has 0 aromatic carbocycles. The standard InChI is InChI=1S/C7H4ClF5S/c8-2-4-1-5(14-3-4)6(9,10)7(11,12)13/h1,3H,2H2. The van der Waals surface area contributed by atoms with Crippen LogP contribution in [0.3, 0.4) is 0 Å². The molecule has 1 aromatic heterocycles. The number of halogens is 6. The van der Waals surface area contributed by atoms with Gasteiger partial charge in [-0.25, -0.2) is 0 Å². The second kappa shape index (κ2) is 3.66. The van der Waals surface area contributed by atoms with Gasteiger partial charge in [0.1, 0.15) is 0 Å². The topological polar surface area (TPSA) is 0 Å². The Morgan fingerprint density at radius 1 is 1.21 bits per heavy atom. The molecule has 0 bridgehead atoms. The highest BCUT2D eigenvalue weighted by Crippen LogP contribution is 2.46. The molecule has 0 saturated heterocycles. The highest BCUT2D eigenvalue weighted by atomic mass is 35.5. The molecule has 0 radical (unpaired) electrons. The third kappa shape index (κ3) is 2.00. The minimum atomic E-state index is -5.55. The average Bonchev–Trinajstić information content (AvgIpc) is 2.49. The lowest BCUT2D eigenvalue weighted by Gasteiger charge is -2.17. The van der Waals surface area contributed by atoms with Crippen LogP contribution in [0.4, 0.5) is 22.0 Å². The van der Waals surface area contributed by atoms with E-state index >= 15 is 0 Å². The maximum Gasteiger partial charge on any atom is 0.458 e. The van der Waals surface area contributed by atoms with Crippen LogP contribution in [0.1, 0.15) is 10.4 Å². The maximum absolute atomic E-state index is 12.7. The van der Waals surface area contributed by atoms with Crippen molar-refractivity contribution in [3.8, 4) is 0 Å². The van der Waals surface area contributed by atoms with Gasteiger partial charge in [-0.3, -0.25) is 0 Å². The zero-order chi connectivity index (χ0) is 11.0. The van der Waals surface area contributed by atoms with Crippen molar-refractivity contribution in [1.82, 2.24) is 0 Å². The van der Waals surface area contributed by atoms with Gasteiger partial charge >= 0.3 is 12.1 Å². The molecule has 0 aliphatic rings. The van der Waals surface area contributed by atoms with Crippen molar-refractivity contribution in [2.45, 2.75) is 18.0 Å². The van der Waals surface area contributed by atoms with E-state index < -0.39 is 17.0 Å². The lowest BCUT2D eigenvalue weighted by atomic mass is 10.2. The molecular formula is C7H4ClF5S. The summed E-state index contributed by atoms with van der Waals surface area (Å²) in [6.07, 6.45) is -5.55. The molecule has 0 spiro atoms. The van der Waals surface area contributed by atoms with Gasteiger partial charge in [0.25, 0.3) is 0 Å². The van der Waals surface area contributed by atoms with Gasteiger partial charge in [-0.2, -0.15) is 22.0 Å². The van der Waals surface area contributed by atoms with E-state index in [9.17, 15) is 22.0 Å². The summed E-state index contributed by atoms with van der Waals surface area (Å²) in [5.41, 5.74) is 0.260. The monoisotopic (exact) mass is 250 g/mol. The van der Waals surface area contributed by atoms with E-state index in [0.717, 1.165) is 6.07 Å². The van der Waals surface area contributed by atoms with Gasteiger partial charge in [0, 0.05) is 5.88 Å². The van der Waals surface area contributed by atoms with Crippen LogP contribution in [-0.2, 0) is 11.8 Å². The molecule has 14 heavy (non-hydrogen) atoms. The van der Waals surface area contributed by atoms with Gasteiger partial charge in [-0.05, 0) is 17.0 Å². The van der Waals surface area contributed by atoms with Crippen LogP contribution in [0, 0.1) is 0 Å². The van der Waals surface area contributed by atoms with E-state index in [0.29, 0.717) is 11.3 Å². The number of hydrogen-bond donors (Lipinski definition) is 0. The second-order valence-corrected chi connectivity index (χ2v) is 3.70. The first kappa shape index (κ1) is 11.7. The molecule has 0 saturated carbocycles. The van der Waals surface area contributed by atoms with Gasteiger partial charge in [-0.1, -0.05) is 0 Å². The van der Waals surface area contributed by atoms with Crippen molar-refractivity contribution < 1.29 is 22.0 Å². The maximum atomic E-state index is 12.7. The third-order valence-electron chi connectivity index (χ3n) is 1.47. The van der Waals surface area contributed by atoms with Crippen LogP contribution in [0.2, 0.25) is 0 Å². The van der Waals surface area contributed by atoms with Crippen molar-refractivity contribution >= 4 is 22.9 Å². The summed E-state index contributed by atoms with van der Waals surface area (Å²) < 4.78 is 60.9. The smallest absolute Gasteiger partial charge is 0.190 e. The predicted octanol–water partition coefficient (Wildman–Crippen LogP) is 4.14. The van der Waals surface area contributed by atoms with E-state index in [4.69, 9.17) is 11.6 Å². The third-order valence-corrected chi connectivity index (χ3v) is 2.83. The zero-order valence-corrected chi connectivity index (χ0v) is 8.11. The van der Waals surface area contributed by atoms with E-state index in [2.05, 4.69) is 0 Å². The van der Waals surface area contributed by atoms with Crippen LogP contribution < -0.4 is 0 Å². The summed E-state index contributed by atoms with van der Waals surface area (Å²) in [5, 5.41) is 1.18. The molecule has 0 unspecified atom stereocenters. The van der Waals surface area contributed by atoms with E-state index in [1.54, 1.807) is 0 Å². The minimum Gasteiger partial charge on any atom is -0.190 e. The Bertz CT molecular complexity index is 316. The molecule has 1 heterocycles. The fourth-order valence-corrected chi connectivity index (χ4v) is 1.91. The largest absolute Gasteiger partial charge is 0.458 e. The minimum absolute atomic E-state index is 0.0789. The fourth-order valence-electron chi connectivity index (χ4n) is 0.750.